The molecule has 0 N–H and O–H groups in total. The highest BCUT2D eigenvalue weighted by atomic mass is 15.0. The van der Waals surface area contributed by atoms with E-state index in [0.29, 0.717) is 17.5 Å². The quantitative estimate of drug-likeness (QED) is 0.194. The molecule has 2 heterocycles. The number of benzene rings is 6. The summed E-state index contributed by atoms with van der Waals surface area (Å²) in [5, 5.41) is 2.41. The Morgan fingerprint density at radius 2 is 0.826 bits per heavy atom. The van der Waals surface area contributed by atoms with Gasteiger partial charge >= 0.3 is 0 Å². The third-order valence-corrected chi connectivity index (χ3v) is 8.19. The third kappa shape index (κ3) is 5.44. The minimum absolute atomic E-state index is 0.644. The van der Waals surface area contributed by atoms with Crippen molar-refractivity contribution in [2.75, 3.05) is 0 Å². The lowest BCUT2D eigenvalue weighted by Crippen LogP contribution is -2.00. The van der Waals surface area contributed by atoms with Crippen molar-refractivity contribution in [1.29, 1.82) is 0 Å². The molecule has 46 heavy (non-hydrogen) atoms. The van der Waals surface area contributed by atoms with E-state index in [1.807, 2.05) is 85.1 Å². The van der Waals surface area contributed by atoms with Crippen molar-refractivity contribution in [2.24, 2.45) is 0 Å². The first-order valence-corrected chi connectivity index (χ1v) is 15.3. The first-order valence-electron chi connectivity index (χ1n) is 15.3. The smallest absolute Gasteiger partial charge is 0.164 e. The molecule has 6 aromatic carbocycles. The van der Waals surface area contributed by atoms with Gasteiger partial charge in [0, 0.05) is 28.5 Å². The number of rotatable bonds is 6. The minimum Gasteiger partial charge on any atom is -0.256 e. The number of fused-ring (bicyclic) bond motifs is 1. The Balaban J connectivity index is 1.19. The molecular weight excluding hydrogens is 560 g/mol. The molecule has 0 atom stereocenters. The molecule has 216 valence electrons. The molecule has 0 aliphatic heterocycles. The Morgan fingerprint density at radius 3 is 1.43 bits per heavy atom. The molecule has 0 saturated heterocycles. The molecule has 2 aromatic heterocycles. The molecule has 0 fully saturated rings. The second kappa shape index (κ2) is 12.0. The highest BCUT2D eigenvalue weighted by Gasteiger charge is 2.14. The summed E-state index contributed by atoms with van der Waals surface area (Å²) in [6.07, 6.45) is 1.83. The maximum atomic E-state index is 4.91. The van der Waals surface area contributed by atoms with Gasteiger partial charge in [-0.05, 0) is 57.3 Å². The molecule has 0 saturated carbocycles. The lowest BCUT2D eigenvalue weighted by Gasteiger charge is -2.13. The molecule has 0 aliphatic rings. The summed E-state index contributed by atoms with van der Waals surface area (Å²) in [4.78, 5) is 19.2. The summed E-state index contributed by atoms with van der Waals surface area (Å²) < 4.78 is 0. The molecule has 8 aromatic rings. The number of hydrogen-bond acceptors (Lipinski definition) is 4. The normalized spacial score (nSPS) is 11.0. The van der Waals surface area contributed by atoms with E-state index in [1.54, 1.807) is 0 Å². The van der Waals surface area contributed by atoms with Crippen molar-refractivity contribution >= 4 is 10.8 Å². The van der Waals surface area contributed by atoms with Gasteiger partial charge < -0.3 is 0 Å². The van der Waals surface area contributed by atoms with Gasteiger partial charge in [-0.15, -0.1) is 0 Å². The molecule has 0 amide bonds. The zero-order chi connectivity index (χ0) is 30.7. The summed E-state index contributed by atoms with van der Waals surface area (Å²) in [5.41, 5.74) is 9.56. The van der Waals surface area contributed by atoms with E-state index in [-0.39, 0.29) is 0 Å². The van der Waals surface area contributed by atoms with Crippen molar-refractivity contribution in [3.8, 4) is 67.7 Å². The Morgan fingerprint density at radius 1 is 0.326 bits per heavy atom. The fourth-order valence-electron chi connectivity index (χ4n) is 5.82. The highest BCUT2D eigenvalue weighted by molar-refractivity contribution is 6.00. The average Bonchev–Trinajstić information content (AvgIpc) is 3.15. The highest BCUT2D eigenvalue weighted by Crippen LogP contribution is 2.36. The predicted molar refractivity (Wildman–Crippen MR) is 188 cm³/mol. The van der Waals surface area contributed by atoms with Crippen molar-refractivity contribution in [1.82, 2.24) is 19.9 Å². The van der Waals surface area contributed by atoms with E-state index >= 15 is 0 Å². The second-order valence-electron chi connectivity index (χ2n) is 11.2. The monoisotopic (exact) mass is 588 g/mol. The molecule has 0 radical (unpaired) electrons. The fraction of sp³-hybridized carbons (Fsp3) is 0. The largest absolute Gasteiger partial charge is 0.256 e. The number of aromatic nitrogens is 4. The summed E-state index contributed by atoms with van der Waals surface area (Å²) in [5.74, 6) is 1.95. The van der Waals surface area contributed by atoms with Gasteiger partial charge in [-0.25, -0.2) is 15.0 Å². The van der Waals surface area contributed by atoms with Crippen molar-refractivity contribution in [3.05, 3.63) is 170 Å². The predicted octanol–water partition coefficient (Wildman–Crippen LogP) is 10.4. The van der Waals surface area contributed by atoms with E-state index in [0.717, 1.165) is 39.1 Å². The van der Waals surface area contributed by atoms with E-state index in [1.165, 1.54) is 21.9 Å². The van der Waals surface area contributed by atoms with E-state index < -0.39 is 0 Å². The van der Waals surface area contributed by atoms with Gasteiger partial charge in [0.1, 0.15) is 0 Å². The maximum Gasteiger partial charge on any atom is 0.164 e. The second-order valence-corrected chi connectivity index (χ2v) is 11.2. The first-order chi connectivity index (χ1) is 22.8. The number of nitrogens with zero attached hydrogens (tertiary/aromatic N) is 4. The van der Waals surface area contributed by atoms with Crippen LogP contribution in [0.2, 0.25) is 0 Å². The summed E-state index contributed by atoms with van der Waals surface area (Å²) in [6.45, 7) is 0. The van der Waals surface area contributed by atoms with Crippen molar-refractivity contribution < 1.29 is 0 Å². The van der Waals surface area contributed by atoms with Gasteiger partial charge in [-0.3, -0.25) is 4.98 Å². The van der Waals surface area contributed by atoms with Gasteiger partial charge in [-0.1, -0.05) is 140 Å². The molecule has 4 nitrogen and oxygen atoms in total. The Hall–Kier alpha value is -6.26. The van der Waals surface area contributed by atoms with E-state index in [9.17, 15) is 0 Å². The molecular formula is C42H28N4. The van der Waals surface area contributed by atoms with Gasteiger partial charge in [0.15, 0.2) is 17.5 Å². The first kappa shape index (κ1) is 27.3. The van der Waals surface area contributed by atoms with Crippen molar-refractivity contribution in [2.45, 2.75) is 0 Å². The molecule has 4 heteroatoms. The van der Waals surface area contributed by atoms with Crippen LogP contribution in [0.3, 0.4) is 0 Å². The van der Waals surface area contributed by atoms with Crippen LogP contribution in [-0.4, -0.2) is 19.9 Å². The van der Waals surface area contributed by atoms with Crippen LogP contribution in [-0.2, 0) is 0 Å². The summed E-state index contributed by atoms with van der Waals surface area (Å²) >= 11 is 0. The molecule has 0 spiro atoms. The van der Waals surface area contributed by atoms with E-state index in [2.05, 4.69) is 89.9 Å². The van der Waals surface area contributed by atoms with Gasteiger partial charge in [-0.2, -0.15) is 0 Å². The fourth-order valence-corrected chi connectivity index (χ4v) is 5.82. The Labute approximate surface area is 267 Å². The zero-order valence-electron chi connectivity index (χ0n) is 25.0. The van der Waals surface area contributed by atoms with Crippen LogP contribution in [0.25, 0.3) is 78.4 Å². The maximum absolute atomic E-state index is 4.91. The number of hydrogen-bond donors (Lipinski definition) is 0. The summed E-state index contributed by atoms with van der Waals surface area (Å²) in [7, 11) is 0. The lowest BCUT2D eigenvalue weighted by atomic mass is 9.92. The molecule has 8 rings (SSSR count). The molecule has 0 unspecified atom stereocenters. The lowest BCUT2D eigenvalue weighted by molar-refractivity contribution is 1.07. The van der Waals surface area contributed by atoms with Crippen molar-refractivity contribution in [3.63, 3.8) is 0 Å². The van der Waals surface area contributed by atoms with Gasteiger partial charge in [0.05, 0.1) is 5.69 Å². The molecule has 0 bridgehead atoms. The van der Waals surface area contributed by atoms with E-state index in [4.69, 9.17) is 15.0 Å². The Bertz CT molecular complexity index is 2210. The van der Waals surface area contributed by atoms with Crippen LogP contribution < -0.4 is 0 Å². The number of pyridine rings is 1. The summed E-state index contributed by atoms with van der Waals surface area (Å²) in [6, 6.07) is 56.4. The van der Waals surface area contributed by atoms with Crippen LogP contribution >= 0.6 is 0 Å². The van der Waals surface area contributed by atoms with Crippen LogP contribution in [0.4, 0.5) is 0 Å². The minimum atomic E-state index is 0.644. The Kier molecular flexibility index (Phi) is 7.14. The SMILES string of the molecule is c1ccc(-c2nc(-c3ccccc3)nc(-c3ccc(-c4cc(-c5ccc(-c6ccccn6)cc5)cc5ccccc45)cc3)n2)cc1. The van der Waals surface area contributed by atoms with Crippen LogP contribution in [0.15, 0.2) is 170 Å². The van der Waals surface area contributed by atoms with Crippen LogP contribution in [0.5, 0.6) is 0 Å². The zero-order valence-corrected chi connectivity index (χ0v) is 25.0. The van der Waals surface area contributed by atoms with Crippen LogP contribution in [0.1, 0.15) is 0 Å². The third-order valence-electron chi connectivity index (χ3n) is 8.19. The van der Waals surface area contributed by atoms with Crippen LogP contribution in [0, 0.1) is 0 Å². The average molecular weight is 589 g/mol. The van der Waals surface area contributed by atoms with Gasteiger partial charge in [0.25, 0.3) is 0 Å². The topological polar surface area (TPSA) is 51.6 Å². The van der Waals surface area contributed by atoms with Gasteiger partial charge in [0.2, 0.25) is 0 Å². The molecule has 0 aliphatic carbocycles. The standard InChI is InChI=1S/C42H28N4/c1-3-11-32(12-4-1)40-44-41(33-13-5-2-6-14-33)46-42(45-40)34-24-20-30(21-25-34)38-28-36(27-35-15-7-8-16-37(35)38)29-18-22-31(23-19-29)39-17-9-10-26-43-39/h1-28H.